The molecule has 1 unspecified atom stereocenters. The number of amides is 2. The topological polar surface area (TPSA) is 95.5 Å². The minimum Gasteiger partial charge on any atom is -0.481 e. The summed E-state index contributed by atoms with van der Waals surface area (Å²) < 4.78 is 12.9. The van der Waals surface area contributed by atoms with E-state index >= 15 is 0 Å². The van der Waals surface area contributed by atoms with Crippen LogP contribution in [0.1, 0.15) is 38.7 Å². The fraction of sp³-hybridized carbons (Fsp3) is 0.471. The lowest BCUT2D eigenvalue weighted by Gasteiger charge is -2.17. The molecule has 24 heavy (non-hydrogen) atoms. The summed E-state index contributed by atoms with van der Waals surface area (Å²) in [4.78, 5) is 34.7. The Labute approximate surface area is 140 Å². The van der Waals surface area contributed by atoms with Gasteiger partial charge in [0, 0.05) is 13.0 Å². The molecule has 0 bridgehead atoms. The van der Waals surface area contributed by atoms with Gasteiger partial charge < -0.3 is 15.7 Å². The summed E-state index contributed by atoms with van der Waals surface area (Å²) in [5, 5.41) is 14.2. The van der Waals surface area contributed by atoms with Crippen molar-refractivity contribution >= 4 is 17.8 Å². The lowest BCUT2D eigenvalue weighted by Crippen LogP contribution is -2.40. The summed E-state index contributed by atoms with van der Waals surface area (Å²) in [7, 11) is 0. The Morgan fingerprint density at radius 3 is 2.17 bits per heavy atom. The van der Waals surface area contributed by atoms with Gasteiger partial charge in [0.25, 0.3) is 0 Å². The average molecular weight is 338 g/mol. The highest BCUT2D eigenvalue weighted by atomic mass is 19.1. The van der Waals surface area contributed by atoms with Crippen LogP contribution in [0.3, 0.4) is 0 Å². The standard InChI is InChI=1S/C17H23FN2O4/c1-17(2,3)8-14(21)20-10-15(22)19-9-13(16(23)24)11-4-6-12(18)7-5-11/h4-7,13H,8-10H2,1-3H3,(H,19,22)(H,20,21)(H,23,24). The fourth-order valence-corrected chi connectivity index (χ4v) is 2.04. The highest BCUT2D eigenvalue weighted by Crippen LogP contribution is 2.18. The van der Waals surface area contributed by atoms with E-state index in [1.807, 2.05) is 20.8 Å². The number of carboxylic acid groups (broad SMARTS) is 1. The molecule has 0 fully saturated rings. The molecule has 0 saturated heterocycles. The molecule has 7 heteroatoms. The Kier molecular flexibility index (Phi) is 6.88. The fourth-order valence-electron chi connectivity index (χ4n) is 2.04. The van der Waals surface area contributed by atoms with E-state index in [1.165, 1.54) is 24.3 Å². The maximum absolute atomic E-state index is 12.9. The number of carbonyl (C=O) groups is 3. The molecule has 0 radical (unpaired) electrons. The summed E-state index contributed by atoms with van der Waals surface area (Å²) in [5.41, 5.74) is 0.207. The van der Waals surface area contributed by atoms with Gasteiger partial charge in [-0.3, -0.25) is 14.4 Å². The van der Waals surface area contributed by atoms with Crippen molar-refractivity contribution in [3.8, 4) is 0 Å². The third kappa shape index (κ3) is 7.21. The summed E-state index contributed by atoms with van der Waals surface area (Å²) in [6, 6.07) is 5.07. The number of halogens is 1. The van der Waals surface area contributed by atoms with Crippen molar-refractivity contribution < 1.29 is 23.9 Å². The van der Waals surface area contributed by atoms with Gasteiger partial charge >= 0.3 is 5.97 Å². The van der Waals surface area contributed by atoms with Gasteiger partial charge in [0.2, 0.25) is 11.8 Å². The Balaban J connectivity index is 2.50. The van der Waals surface area contributed by atoms with Crippen LogP contribution in [0.15, 0.2) is 24.3 Å². The molecule has 1 atom stereocenters. The Bertz CT molecular complexity index is 594. The van der Waals surface area contributed by atoms with Gasteiger partial charge in [0.15, 0.2) is 0 Å². The van der Waals surface area contributed by atoms with Gasteiger partial charge in [-0.05, 0) is 23.1 Å². The first-order valence-electron chi connectivity index (χ1n) is 7.60. The molecule has 1 rings (SSSR count). The van der Waals surface area contributed by atoms with Crippen molar-refractivity contribution in [1.29, 1.82) is 0 Å². The third-order valence-corrected chi connectivity index (χ3v) is 3.21. The molecule has 0 saturated carbocycles. The van der Waals surface area contributed by atoms with Crippen molar-refractivity contribution in [2.75, 3.05) is 13.1 Å². The third-order valence-electron chi connectivity index (χ3n) is 3.21. The lowest BCUT2D eigenvalue weighted by molar-refractivity contribution is -0.138. The molecule has 0 aromatic heterocycles. The molecule has 1 aromatic rings. The zero-order valence-corrected chi connectivity index (χ0v) is 14.1. The van der Waals surface area contributed by atoms with Crippen LogP contribution < -0.4 is 10.6 Å². The van der Waals surface area contributed by atoms with E-state index in [9.17, 15) is 23.9 Å². The monoisotopic (exact) mass is 338 g/mol. The maximum atomic E-state index is 12.9. The lowest BCUT2D eigenvalue weighted by atomic mass is 9.92. The second-order valence-electron chi connectivity index (χ2n) is 6.76. The summed E-state index contributed by atoms with van der Waals surface area (Å²) in [5.74, 6) is -3.30. The molecular formula is C17H23FN2O4. The number of carboxylic acids is 1. The van der Waals surface area contributed by atoms with Crippen molar-refractivity contribution in [3.63, 3.8) is 0 Å². The highest BCUT2D eigenvalue weighted by molar-refractivity contribution is 5.85. The SMILES string of the molecule is CC(C)(C)CC(=O)NCC(=O)NCC(C(=O)O)c1ccc(F)cc1. The van der Waals surface area contributed by atoms with Crippen molar-refractivity contribution in [3.05, 3.63) is 35.6 Å². The molecule has 0 aliphatic heterocycles. The van der Waals surface area contributed by atoms with Crippen LogP contribution in [0.4, 0.5) is 4.39 Å². The van der Waals surface area contributed by atoms with E-state index in [0.29, 0.717) is 5.56 Å². The molecule has 3 N–H and O–H groups in total. The van der Waals surface area contributed by atoms with Gasteiger partial charge in [-0.2, -0.15) is 0 Å². The van der Waals surface area contributed by atoms with Crippen LogP contribution in [-0.2, 0) is 14.4 Å². The Morgan fingerprint density at radius 1 is 1.08 bits per heavy atom. The predicted octanol–water partition coefficient (Wildman–Crippen LogP) is 1.66. The summed E-state index contributed by atoms with van der Waals surface area (Å²) in [6.07, 6.45) is 0.285. The van der Waals surface area contributed by atoms with Crippen LogP contribution in [0.5, 0.6) is 0 Å². The van der Waals surface area contributed by atoms with Crippen molar-refractivity contribution in [2.24, 2.45) is 5.41 Å². The maximum Gasteiger partial charge on any atom is 0.312 e. The molecular weight excluding hydrogens is 315 g/mol. The van der Waals surface area contributed by atoms with Gasteiger partial charge in [0.05, 0.1) is 12.5 Å². The predicted molar refractivity (Wildman–Crippen MR) is 86.9 cm³/mol. The van der Waals surface area contributed by atoms with E-state index in [2.05, 4.69) is 10.6 Å². The second-order valence-corrected chi connectivity index (χ2v) is 6.76. The zero-order chi connectivity index (χ0) is 18.3. The van der Waals surface area contributed by atoms with E-state index in [4.69, 9.17) is 0 Å². The van der Waals surface area contributed by atoms with Gasteiger partial charge in [0.1, 0.15) is 5.82 Å². The van der Waals surface area contributed by atoms with Crippen molar-refractivity contribution in [2.45, 2.75) is 33.1 Å². The molecule has 0 heterocycles. The second kappa shape index (κ2) is 8.42. The molecule has 0 spiro atoms. The summed E-state index contributed by atoms with van der Waals surface area (Å²) >= 11 is 0. The largest absolute Gasteiger partial charge is 0.481 e. The number of nitrogens with one attached hydrogen (secondary N) is 2. The quantitative estimate of drug-likeness (QED) is 0.704. The minimum atomic E-state index is -1.13. The van der Waals surface area contributed by atoms with Crippen LogP contribution >= 0.6 is 0 Å². The van der Waals surface area contributed by atoms with Crippen LogP contribution in [0, 0.1) is 11.2 Å². The minimum absolute atomic E-state index is 0.144. The molecule has 132 valence electrons. The number of hydrogen-bond donors (Lipinski definition) is 3. The first-order valence-corrected chi connectivity index (χ1v) is 7.60. The first-order chi connectivity index (χ1) is 11.1. The Morgan fingerprint density at radius 2 is 1.67 bits per heavy atom. The normalized spacial score (nSPS) is 12.3. The number of carbonyl (C=O) groups excluding carboxylic acids is 2. The van der Waals surface area contributed by atoms with Crippen LogP contribution in [0.25, 0.3) is 0 Å². The van der Waals surface area contributed by atoms with Gasteiger partial charge in [-0.15, -0.1) is 0 Å². The van der Waals surface area contributed by atoms with Gasteiger partial charge in [-0.1, -0.05) is 32.9 Å². The number of aliphatic carboxylic acids is 1. The number of hydrogen-bond acceptors (Lipinski definition) is 3. The Hall–Kier alpha value is -2.44. The molecule has 0 aliphatic carbocycles. The highest BCUT2D eigenvalue weighted by Gasteiger charge is 2.21. The molecule has 6 nitrogen and oxygen atoms in total. The zero-order valence-electron chi connectivity index (χ0n) is 14.1. The van der Waals surface area contributed by atoms with Crippen molar-refractivity contribution in [1.82, 2.24) is 10.6 Å². The van der Waals surface area contributed by atoms with Crippen LogP contribution in [-0.4, -0.2) is 36.0 Å². The molecule has 1 aromatic carbocycles. The van der Waals surface area contributed by atoms with E-state index < -0.39 is 23.6 Å². The summed E-state index contributed by atoms with van der Waals surface area (Å²) in [6.45, 7) is 5.37. The smallest absolute Gasteiger partial charge is 0.312 e. The molecule has 0 aliphatic rings. The van der Waals surface area contributed by atoms with E-state index in [0.717, 1.165) is 0 Å². The van der Waals surface area contributed by atoms with Gasteiger partial charge in [-0.25, -0.2) is 4.39 Å². The van der Waals surface area contributed by atoms with E-state index in [1.54, 1.807) is 0 Å². The number of rotatable bonds is 7. The van der Waals surface area contributed by atoms with E-state index in [-0.39, 0.29) is 30.8 Å². The average Bonchev–Trinajstić information content (AvgIpc) is 2.45. The number of benzene rings is 1. The van der Waals surface area contributed by atoms with Crippen LogP contribution in [0.2, 0.25) is 0 Å². The first kappa shape index (κ1) is 19.6. The molecule has 2 amide bonds.